The fraction of sp³-hybridized carbons (Fsp3) is 0.400. The maximum atomic E-state index is 12.6. The monoisotopic (exact) mass is 223 g/mol. The van der Waals surface area contributed by atoms with Gasteiger partial charge in [-0.15, -0.1) is 0 Å². The number of azide groups is 1. The van der Waals surface area contributed by atoms with Crippen LogP contribution in [0.25, 0.3) is 10.4 Å². The Morgan fingerprint density at radius 2 is 1.80 bits per heavy atom. The Balaban J connectivity index is 3.39. The second-order valence-corrected chi connectivity index (χ2v) is 7.45. The van der Waals surface area contributed by atoms with Gasteiger partial charge in [0.25, 0.3) is 0 Å². The van der Waals surface area contributed by atoms with Gasteiger partial charge in [0.05, 0.1) is 0 Å². The second kappa shape index (κ2) is 4.09. The van der Waals surface area contributed by atoms with Crippen LogP contribution in [-0.4, -0.2) is 5.16 Å². The Bertz CT molecular complexity index is 430. The summed E-state index contributed by atoms with van der Waals surface area (Å²) in [5.74, 6) is 0. The smallest absolute Gasteiger partial charge is 0.206 e. The molecule has 4 nitrogen and oxygen atoms in total. The van der Waals surface area contributed by atoms with Gasteiger partial charge in [-0.05, 0) is 10.4 Å². The van der Waals surface area contributed by atoms with Crippen molar-refractivity contribution in [1.29, 1.82) is 0 Å². The molecule has 1 atom stereocenters. The van der Waals surface area contributed by atoms with Gasteiger partial charge in [-0.3, -0.25) is 0 Å². The molecule has 1 rings (SSSR count). The molecular weight excluding hydrogens is 209 g/mol. The van der Waals surface area contributed by atoms with Gasteiger partial charge in [0, 0.05) is 15.4 Å². The third-order valence-electron chi connectivity index (χ3n) is 2.18. The van der Waals surface area contributed by atoms with Crippen molar-refractivity contribution in [1.82, 2.24) is 0 Å². The molecule has 0 bridgehead atoms. The molecule has 0 saturated carbocycles. The first-order valence-corrected chi connectivity index (χ1v) is 6.30. The van der Waals surface area contributed by atoms with E-state index in [0.717, 1.165) is 0 Å². The predicted molar refractivity (Wildman–Crippen MR) is 62.6 cm³/mol. The van der Waals surface area contributed by atoms with Crippen LogP contribution in [-0.2, 0) is 4.57 Å². The van der Waals surface area contributed by atoms with Crippen molar-refractivity contribution in [2.45, 2.75) is 25.9 Å². The molecule has 0 N–H and O–H groups in total. The van der Waals surface area contributed by atoms with Gasteiger partial charge in [-0.25, -0.2) is 0 Å². The molecule has 0 heterocycles. The third-order valence-corrected chi connectivity index (χ3v) is 5.33. The Morgan fingerprint density at radius 1 is 1.27 bits per heavy atom. The molecule has 1 aromatic carbocycles. The average molecular weight is 223 g/mol. The number of hydrogen-bond donors (Lipinski definition) is 0. The second-order valence-electron chi connectivity index (χ2n) is 4.26. The summed E-state index contributed by atoms with van der Waals surface area (Å²) in [6.07, 6.45) is 0. The van der Waals surface area contributed by atoms with Gasteiger partial charge < -0.3 is 4.57 Å². The average Bonchev–Trinajstić information content (AvgIpc) is 2.18. The highest BCUT2D eigenvalue weighted by Gasteiger charge is 2.37. The van der Waals surface area contributed by atoms with E-state index >= 15 is 0 Å². The van der Waals surface area contributed by atoms with E-state index in [1.807, 2.05) is 26.8 Å². The molecule has 5 heteroatoms. The van der Waals surface area contributed by atoms with Crippen LogP contribution in [0.3, 0.4) is 0 Å². The fourth-order valence-corrected chi connectivity index (χ4v) is 3.09. The zero-order chi connectivity index (χ0) is 11.5. The first kappa shape index (κ1) is 11.8. The third kappa shape index (κ3) is 2.23. The minimum atomic E-state index is -3.05. The van der Waals surface area contributed by atoms with E-state index in [-0.39, 0.29) is 0 Å². The van der Waals surface area contributed by atoms with E-state index < -0.39 is 12.4 Å². The normalized spacial score (nSPS) is 15.1. The van der Waals surface area contributed by atoms with E-state index in [4.69, 9.17) is 5.53 Å². The maximum absolute atomic E-state index is 12.6. The molecule has 1 unspecified atom stereocenters. The summed E-state index contributed by atoms with van der Waals surface area (Å²) in [4.78, 5) is 6.25. The topological polar surface area (TPSA) is 65.8 Å². The largest absolute Gasteiger partial charge is 0.311 e. The molecule has 0 radical (unpaired) electrons. The van der Waals surface area contributed by atoms with Crippen LogP contribution < -0.4 is 5.30 Å². The zero-order valence-corrected chi connectivity index (χ0v) is 9.98. The number of nitrogens with zero attached hydrogens (tertiary/aromatic N) is 3. The Morgan fingerprint density at radius 3 is 2.20 bits per heavy atom. The fourth-order valence-electron chi connectivity index (χ4n) is 1.26. The summed E-state index contributed by atoms with van der Waals surface area (Å²) in [5, 5.41) is 0.0518. The Kier molecular flexibility index (Phi) is 3.23. The molecule has 0 aromatic heterocycles. The van der Waals surface area contributed by atoms with Gasteiger partial charge in [-0.2, -0.15) is 0 Å². The van der Waals surface area contributed by atoms with Crippen molar-refractivity contribution >= 4 is 12.6 Å². The van der Waals surface area contributed by atoms with E-state index in [1.165, 1.54) is 0 Å². The molecule has 0 fully saturated rings. The summed E-state index contributed by atoms with van der Waals surface area (Å²) in [5.41, 5.74) is 8.51. The molecular formula is C10H14N3OP. The van der Waals surface area contributed by atoms with Gasteiger partial charge in [-0.1, -0.05) is 51.1 Å². The minimum Gasteiger partial charge on any atom is -0.311 e. The molecule has 0 saturated heterocycles. The summed E-state index contributed by atoms with van der Waals surface area (Å²) in [6.45, 7) is 5.44. The highest BCUT2D eigenvalue weighted by molar-refractivity contribution is 7.71. The van der Waals surface area contributed by atoms with Crippen molar-refractivity contribution in [3.63, 3.8) is 0 Å². The standard InChI is InChI=1S/C10H14N3OP/c1-10(2,3)15(14,13-12-11)9-7-5-4-6-8-9/h4-8H,1-3H3. The summed E-state index contributed by atoms with van der Waals surface area (Å²) in [7, 11) is -3.05. The first-order valence-electron chi connectivity index (χ1n) is 4.64. The van der Waals surface area contributed by atoms with Crippen LogP contribution >= 0.6 is 7.29 Å². The lowest BCUT2D eigenvalue weighted by molar-refractivity contribution is 0.557. The Labute approximate surface area is 89.4 Å². The summed E-state index contributed by atoms with van der Waals surface area (Å²) < 4.78 is 12.6. The van der Waals surface area contributed by atoms with Crippen LogP contribution in [0.2, 0.25) is 0 Å². The van der Waals surface area contributed by atoms with E-state index in [1.54, 1.807) is 24.3 Å². The van der Waals surface area contributed by atoms with Crippen molar-refractivity contribution in [2.24, 2.45) is 4.88 Å². The maximum Gasteiger partial charge on any atom is 0.206 e. The van der Waals surface area contributed by atoms with Gasteiger partial charge in [0.1, 0.15) is 0 Å². The molecule has 0 spiro atoms. The lowest BCUT2D eigenvalue weighted by Gasteiger charge is -2.27. The quantitative estimate of drug-likeness (QED) is 0.326. The van der Waals surface area contributed by atoms with Crippen LogP contribution in [0.1, 0.15) is 20.8 Å². The SMILES string of the molecule is CC(C)(C)P(=O)(N=[N+]=[N-])c1ccccc1. The van der Waals surface area contributed by atoms with E-state index in [9.17, 15) is 4.57 Å². The van der Waals surface area contributed by atoms with Crippen LogP contribution in [0, 0.1) is 0 Å². The number of hydrogen-bond acceptors (Lipinski definition) is 1. The molecule has 1 aromatic rings. The van der Waals surface area contributed by atoms with E-state index in [2.05, 4.69) is 9.80 Å². The first-order chi connectivity index (χ1) is 6.92. The van der Waals surface area contributed by atoms with Gasteiger partial charge in [0.2, 0.25) is 7.29 Å². The van der Waals surface area contributed by atoms with Gasteiger partial charge in [0.15, 0.2) is 0 Å². The molecule has 0 aliphatic rings. The highest BCUT2D eigenvalue weighted by atomic mass is 31.2. The van der Waals surface area contributed by atoms with Crippen molar-refractivity contribution in [3.05, 3.63) is 40.8 Å². The molecule has 0 aliphatic heterocycles. The van der Waals surface area contributed by atoms with Crippen LogP contribution in [0.15, 0.2) is 35.2 Å². The van der Waals surface area contributed by atoms with Crippen molar-refractivity contribution in [3.8, 4) is 0 Å². The lowest BCUT2D eigenvalue weighted by atomic mass is 10.3. The van der Waals surface area contributed by atoms with Crippen molar-refractivity contribution < 1.29 is 4.57 Å². The Hall–Kier alpha value is -1.24. The molecule has 80 valence electrons. The van der Waals surface area contributed by atoms with Crippen LogP contribution in [0.4, 0.5) is 0 Å². The summed E-state index contributed by atoms with van der Waals surface area (Å²) in [6, 6.07) is 8.90. The van der Waals surface area contributed by atoms with Crippen molar-refractivity contribution in [2.75, 3.05) is 0 Å². The highest BCUT2D eigenvalue weighted by Crippen LogP contribution is 2.57. The zero-order valence-electron chi connectivity index (χ0n) is 9.08. The molecule has 0 aliphatic carbocycles. The molecule has 0 amide bonds. The summed E-state index contributed by atoms with van der Waals surface area (Å²) >= 11 is 0. The number of benzene rings is 1. The number of rotatable bonds is 2. The predicted octanol–water partition coefficient (Wildman–Crippen LogP) is 3.70. The van der Waals surface area contributed by atoms with Gasteiger partial charge >= 0.3 is 0 Å². The molecule has 15 heavy (non-hydrogen) atoms. The van der Waals surface area contributed by atoms with Crippen LogP contribution in [0.5, 0.6) is 0 Å². The van der Waals surface area contributed by atoms with E-state index in [0.29, 0.717) is 5.30 Å². The lowest BCUT2D eigenvalue weighted by Crippen LogP contribution is -2.21. The minimum absolute atomic E-state index is 0.555.